The first-order valence-electron chi connectivity index (χ1n) is 7.74. The number of anilines is 1. The Kier molecular flexibility index (Phi) is 4.23. The van der Waals surface area contributed by atoms with Gasteiger partial charge in [-0.05, 0) is 30.5 Å². The molecule has 0 N–H and O–H groups in total. The van der Waals surface area contributed by atoms with Crippen molar-refractivity contribution >= 4 is 11.6 Å². The fraction of sp³-hybridized carbons (Fsp3) is 0.353. The van der Waals surface area contributed by atoms with Crippen molar-refractivity contribution in [2.45, 2.75) is 33.2 Å². The fourth-order valence-corrected chi connectivity index (χ4v) is 2.59. The summed E-state index contributed by atoms with van der Waals surface area (Å²) in [5, 5.41) is 4.24. The van der Waals surface area contributed by atoms with Gasteiger partial charge in [0.15, 0.2) is 0 Å². The molecule has 3 aromatic rings. The molecule has 23 heavy (non-hydrogen) atoms. The number of benzene rings is 1. The topological polar surface area (TPSA) is 46.3 Å². The van der Waals surface area contributed by atoms with Crippen LogP contribution in [0, 0.1) is 12.7 Å². The number of aryl methyl sites for hydroxylation is 2. The maximum Gasteiger partial charge on any atom is 0.254 e. The normalized spacial score (nSPS) is 11.1. The van der Waals surface area contributed by atoms with Crippen LogP contribution < -0.4 is 4.90 Å². The third-order valence-corrected chi connectivity index (χ3v) is 3.84. The van der Waals surface area contributed by atoms with Gasteiger partial charge in [0.2, 0.25) is 0 Å². The summed E-state index contributed by atoms with van der Waals surface area (Å²) < 4.78 is 15.5. The molecule has 0 fully saturated rings. The zero-order valence-electron chi connectivity index (χ0n) is 13.6. The highest BCUT2D eigenvalue weighted by Gasteiger charge is 2.12. The van der Waals surface area contributed by atoms with Gasteiger partial charge in [-0.15, -0.1) is 0 Å². The van der Waals surface area contributed by atoms with Gasteiger partial charge < -0.3 is 4.90 Å². The number of halogens is 1. The molecule has 0 spiro atoms. The van der Waals surface area contributed by atoms with Crippen molar-refractivity contribution in [2.75, 3.05) is 11.9 Å². The number of rotatable bonds is 5. The van der Waals surface area contributed by atoms with Gasteiger partial charge >= 0.3 is 0 Å². The number of fused-ring (bicyclic) bond motifs is 1. The number of hydrogen-bond donors (Lipinski definition) is 0. The molecular formula is C17H20FN5. The summed E-state index contributed by atoms with van der Waals surface area (Å²) in [6.45, 7) is 4.47. The molecule has 0 aliphatic heterocycles. The van der Waals surface area contributed by atoms with Crippen molar-refractivity contribution in [2.24, 2.45) is 0 Å². The van der Waals surface area contributed by atoms with E-state index < -0.39 is 0 Å². The van der Waals surface area contributed by atoms with Crippen LogP contribution in [0.2, 0.25) is 0 Å². The third-order valence-electron chi connectivity index (χ3n) is 3.84. The van der Waals surface area contributed by atoms with Gasteiger partial charge in [0.05, 0.1) is 0 Å². The van der Waals surface area contributed by atoms with E-state index in [1.165, 1.54) is 6.33 Å². The van der Waals surface area contributed by atoms with E-state index in [2.05, 4.69) is 22.0 Å². The molecule has 3 rings (SSSR count). The minimum Gasteiger partial charge on any atom is -0.355 e. The molecular weight excluding hydrogens is 293 g/mol. The first-order chi connectivity index (χ1) is 11.1. The second-order valence-electron chi connectivity index (χ2n) is 5.77. The lowest BCUT2D eigenvalue weighted by atomic mass is 10.1. The van der Waals surface area contributed by atoms with E-state index in [1.807, 2.05) is 24.1 Å². The van der Waals surface area contributed by atoms with Crippen molar-refractivity contribution in [3.8, 4) is 0 Å². The first-order valence-corrected chi connectivity index (χ1v) is 7.74. The van der Waals surface area contributed by atoms with Crippen LogP contribution in [0.5, 0.6) is 0 Å². The summed E-state index contributed by atoms with van der Waals surface area (Å²) in [6, 6.07) is 7.36. The highest BCUT2D eigenvalue weighted by atomic mass is 19.1. The molecule has 0 atom stereocenters. The van der Waals surface area contributed by atoms with Crippen molar-refractivity contribution < 1.29 is 4.39 Å². The Hall–Kier alpha value is -2.50. The summed E-state index contributed by atoms with van der Waals surface area (Å²) in [6.07, 6.45) is 3.41. The zero-order chi connectivity index (χ0) is 16.4. The highest BCUT2D eigenvalue weighted by molar-refractivity contribution is 5.47. The quantitative estimate of drug-likeness (QED) is 0.726. The highest BCUT2D eigenvalue weighted by Crippen LogP contribution is 2.19. The molecule has 1 aromatic carbocycles. The Morgan fingerprint density at radius 1 is 1.26 bits per heavy atom. The van der Waals surface area contributed by atoms with Gasteiger partial charge in [-0.2, -0.15) is 14.6 Å². The summed E-state index contributed by atoms with van der Waals surface area (Å²) in [7, 11) is 1.96. The lowest BCUT2D eigenvalue weighted by Crippen LogP contribution is -2.20. The van der Waals surface area contributed by atoms with Crippen molar-refractivity contribution in [3.63, 3.8) is 0 Å². The largest absolute Gasteiger partial charge is 0.355 e. The van der Waals surface area contributed by atoms with E-state index in [1.54, 1.807) is 23.6 Å². The maximum absolute atomic E-state index is 13.7. The van der Waals surface area contributed by atoms with Crippen molar-refractivity contribution in [1.29, 1.82) is 0 Å². The minimum absolute atomic E-state index is 0.178. The van der Waals surface area contributed by atoms with Gasteiger partial charge in [0.25, 0.3) is 5.78 Å². The molecule has 120 valence electrons. The van der Waals surface area contributed by atoms with Crippen molar-refractivity contribution in [3.05, 3.63) is 53.2 Å². The summed E-state index contributed by atoms with van der Waals surface area (Å²) in [4.78, 5) is 10.7. The van der Waals surface area contributed by atoms with E-state index in [9.17, 15) is 4.39 Å². The van der Waals surface area contributed by atoms with Gasteiger partial charge in [-0.1, -0.05) is 25.5 Å². The molecule has 5 nitrogen and oxygen atoms in total. The molecule has 2 aromatic heterocycles. The van der Waals surface area contributed by atoms with Crippen molar-refractivity contribution in [1.82, 2.24) is 19.6 Å². The molecule has 0 amide bonds. The SMILES string of the molecule is CCCc1cc(N(C)Cc2ccc(C)c(F)c2)n2ncnc2n1. The van der Waals surface area contributed by atoms with Crippen LogP contribution in [0.3, 0.4) is 0 Å². The molecule has 0 aliphatic carbocycles. The lowest BCUT2D eigenvalue weighted by molar-refractivity contribution is 0.615. The monoisotopic (exact) mass is 313 g/mol. The summed E-state index contributed by atoms with van der Waals surface area (Å²) in [5.41, 5.74) is 2.56. The van der Waals surface area contributed by atoms with Gasteiger partial charge in [0.1, 0.15) is 18.0 Å². The lowest BCUT2D eigenvalue weighted by Gasteiger charge is -2.20. The molecule has 0 unspecified atom stereocenters. The Morgan fingerprint density at radius 3 is 2.83 bits per heavy atom. The molecule has 0 saturated heterocycles. The number of nitrogens with zero attached hydrogens (tertiary/aromatic N) is 5. The Morgan fingerprint density at radius 2 is 2.09 bits per heavy atom. The van der Waals surface area contributed by atoms with Crippen LogP contribution >= 0.6 is 0 Å². The number of hydrogen-bond acceptors (Lipinski definition) is 4. The van der Waals surface area contributed by atoms with Gasteiger partial charge in [-0.25, -0.2) is 9.37 Å². The second-order valence-corrected chi connectivity index (χ2v) is 5.77. The Bertz CT molecular complexity index is 827. The molecule has 0 radical (unpaired) electrons. The van der Waals surface area contributed by atoms with Crippen LogP contribution in [0.4, 0.5) is 10.2 Å². The van der Waals surface area contributed by atoms with Gasteiger partial charge in [-0.3, -0.25) is 0 Å². The van der Waals surface area contributed by atoms with Crippen LogP contribution in [-0.2, 0) is 13.0 Å². The average molecular weight is 313 g/mol. The van der Waals surface area contributed by atoms with Gasteiger partial charge in [0, 0.05) is 25.4 Å². The van der Waals surface area contributed by atoms with E-state index in [0.717, 1.165) is 29.9 Å². The van der Waals surface area contributed by atoms with E-state index in [-0.39, 0.29) is 5.82 Å². The first kappa shape index (κ1) is 15.4. The third kappa shape index (κ3) is 3.16. The molecule has 2 heterocycles. The van der Waals surface area contributed by atoms with E-state index in [0.29, 0.717) is 17.9 Å². The van der Waals surface area contributed by atoms with Crippen LogP contribution in [0.1, 0.15) is 30.2 Å². The fourth-order valence-electron chi connectivity index (χ4n) is 2.59. The second kappa shape index (κ2) is 6.32. The maximum atomic E-state index is 13.7. The average Bonchev–Trinajstić information content (AvgIpc) is 2.99. The standard InChI is InChI=1S/C17H20FN5/c1-4-5-14-9-16(23-17(21-14)19-11-20-23)22(3)10-13-7-6-12(2)15(18)8-13/h6-9,11H,4-5,10H2,1-3H3. The van der Waals surface area contributed by atoms with E-state index >= 15 is 0 Å². The van der Waals surface area contributed by atoms with E-state index in [4.69, 9.17) is 0 Å². The van der Waals surface area contributed by atoms with Crippen LogP contribution in [0.15, 0.2) is 30.6 Å². The molecule has 6 heteroatoms. The Balaban J connectivity index is 1.94. The Labute approximate surface area is 134 Å². The molecule has 0 saturated carbocycles. The summed E-state index contributed by atoms with van der Waals surface area (Å²) >= 11 is 0. The predicted octanol–water partition coefficient (Wildman–Crippen LogP) is 3.16. The predicted molar refractivity (Wildman–Crippen MR) is 88.0 cm³/mol. The molecule has 0 bridgehead atoms. The molecule has 0 aliphatic rings. The summed E-state index contributed by atoms with van der Waals surface area (Å²) in [5.74, 6) is 1.31. The number of aromatic nitrogens is 4. The van der Waals surface area contributed by atoms with Crippen LogP contribution in [-0.4, -0.2) is 26.6 Å². The van der Waals surface area contributed by atoms with Crippen LogP contribution in [0.25, 0.3) is 5.78 Å². The smallest absolute Gasteiger partial charge is 0.254 e. The zero-order valence-corrected chi connectivity index (χ0v) is 13.6. The minimum atomic E-state index is -0.178.